The third-order valence-corrected chi connectivity index (χ3v) is 6.99. The molecule has 0 spiro atoms. The van der Waals surface area contributed by atoms with Crippen molar-refractivity contribution < 1.29 is 9.90 Å². The Labute approximate surface area is 171 Å². The van der Waals surface area contributed by atoms with Crippen molar-refractivity contribution in [3.63, 3.8) is 0 Å². The average molecular weight is 410 g/mol. The van der Waals surface area contributed by atoms with Gasteiger partial charge in [0, 0.05) is 62.9 Å². The predicted molar refractivity (Wildman–Crippen MR) is 120 cm³/mol. The highest BCUT2D eigenvalue weighted by Crippen LogP contribution is 2.45. The van der Waals surface area contributed by atoms with Crippen molar-refractivity contribution in [2.24, 2.45) is 0 Å². The van der Waals surface area contributed by atoms with Crippen molar-refractivity contribution in [3.05, 3.63) is 58.8 Å². The van der Waals surface area contributed by atoms with E-state index < -0.39 is 5.97 Å². The van der Waals surface area contributed by atoms with Crippen LogP contribution >= 0.6 is 22.7 Å². The minimum atomic E-state index is -0.881. The number of carboxylic acid groups (broad SMARTS) is 1. The summed E-state index contributed by atoms with van der Waals surface area (Å²) in [4.78, 5) is 16.0. The molecular formula is C22H21N2O2S2+. The molecule has 0 saturated carbocycles. The average Bonchev–Trinajstić information content (AvgIpc) is 3.15. The molecule has 0 amide bonds. The second kappa shape index (κ2) is 7.04. The lowest BCUT2D eigenvalue weighted by molar-refractivity contribution is 0.0702. The second-order valence-corrected chi connectivity index (χ2v) is 9.26. The van der Waals surface area contributed by atoms with E-state index in [-0.39, 0.29) is 0 Å². The molecule has 0 saturated heterocycles. The van der Waals surface area contributed by atoms with Crippen LogP contribution in [-0.4, -0.2) is 39.3 Å². The standard InChI is InChI=1S/C22H20N2O2S2/c1-23(2)13-5-7-15-19(11-13)28-20-12-14(24(3)4)6-8-16(20)21(15)17-9-10-18(27-17)22(25)26/h5-12H,1-4H3/p+1. The van der Waals surface area contributed by atoms with E-state index in [0.29, 0.717) is 4.88 Å². The van der Waals surface area contributed by atoms with Gasteiger partial charge in [0.25, 0.3) is 0 Å². The quantitative estimate of drug-likeness (QED) is 0.399. The SMILES string of the molecule is CN(C)c1ccc2c(-c3ccc(C(=O)O)s3)c3ccc(=[N+](C)C)cc-3sc2c1. The monoisotopic (exact) mass is 409 g/mol. The molecule has 4 nitrogen and oxygen atoms in total. The fourth-order valence-electron chi connectivity index (χ4n) is 3.28. The Morgan fingerprint density at radius 2 is 1.75 bits per heavy atom. The van der Waals surface area contributed by atoms with Crippen molar-refractivity contribution in [2.45, 2.75) is 0 Å². The van der Waals surface area contributed by atoms with Gasteiger partial charge in [0.05, 0.1) is 0 Å². The second-order valence-electron chi connectivity index (χ2n) is 7.10. The number of benzene rings is 2. The number of aromatic carboxylic acids is 1. The summed E-state index contributed by atoms with van der Waals surface area (Å²) in [7, 11) is 8.15. The lowest BCUT2D eigenvalue weighted by Crippen LogP contribution is -2.21. The Morgan fingerprint density at radius 1 is 0.964 bits per heavy atom. The van der Waals surface area contributed by atoms with Crippen LogP contribution in [0.15, 0.2) is 48.5 Å². The molecule has 1 aromatic carbocycles. The van der Waals surface area contributed by atoms with Gasteiger partial charge in [0.2, 0.25) is 5.36 Å². The summed E-state index contributed by atoms with van der Waals surface area (Å²) in [6.45, 7) is 0. The van der Waals surface area contributed by atoms with E-state index in [2.05, 4.69) is 45.9 Å². The predicted octanol–water partition coefficient (Wildman–Crippen LogP) is 4.53. The Bertz CT molecular complexity index is 1250. The molecule has 1 aromatic heterocycles. The Balaban J connectivity index is 2.11. The van der Waals surface area contributed by atoms with E-state index in [9.17, 15) is 9.90 Å². The fourth-order valence-corrected chi connectivity index (χ4v) is 5.35. The van der Waals surface area contributed by atoms with Crippen LogP contribution in [0.4, 0.5) is 5.69 Å². The van der Waals surface area contributed by atoms with Gasteiger partial charge < -0.3 is 10.0 Å². The molecule has 28 heavy (non-hydrogen) atoms. The van der Waals surface area contributed by atoms with Gasteiger partial charge in [-0.15, -0.1) is 22.7 Å². The third-order valence-electron chi connectivity index (χ3n) is 4.78. The maximum Gasteiger partial charge on any atom is 0.345 e. The minimum absolute atomic E-state index is 0.360. The van der Waals surface area contributed by atoms with Crippen LogP contribution in [0.25, 0.3) is 31.0 Å². The van der Waals surface area contributed by atoms with E-state index in [1.165, 1.54) is 20.9 Å². The minimum Gasteiger partial charge on any atom is -0.477 e. The van der Waals surface area contributed by atoms with Crippen molar-refractivity contribution in [3.8, 4) is 20.9 Å². The van der Waals surface area contributed by atoms with Gasteiger partial charge in [0.1, 0.15) is 19.0 Å². The topological polar surface area (TPSA) is 43.6 Å². The summed E-state index contributed by atoms with van der Waals surface area (Å²) in [5.74, 6) is -0.881. The first-order valence-electron chi connectivity index (χ1n) is 8.87. The lowest BCUT2D eigenvalue weighted by atomic mass is 10.00. The van der Waals surface area contributed by atoms with E-state index in [4.69, 9.17) is 0 Å². The molecule has 1 N–H and O–H groups in total. The fraction of sp³-hybridized carbons (Fsp3) is 0.182. The molecule has 0 fully saturated rings. The van der Waals surface area contributed by atoms with Crippen LogP contribution in [0.5, 0.6) is 0 Å². The highest BCUT2D eigenvalue weighted by Gasteiger charge is 2.19. The molecule has 0 atom stereocenters. The van der Waals surface area contributed by atoms with Gasteiger partial charge >= 0.3 is 5.97 Å². The largest absolute Gasteiger partial charge is 0.477 e. The van der Waals surface area contributed by atoms with Gasteiger partial charge in [0.15, 0.2) is 0 Å². The number of hydrogen-bond acceptors (Lipinski definition) is 4. The van der Waals surface area contributed by atoms with Crippen LogP contribution in [-0.2, 0) is 0 Å². The number of fused-ring (bicyclic) bond motifs is 2. The van der Waals surface area contributed by atoms with E-state index >= 15 is 0 Å². The van der Waals surface area contributed by atoms with Gasteiger partial charge in [-0.2, -0.15) is 0 Å². The first-order valence-corrected chi connectivity index (χ1v) is 10.5. The highest BCUT2D eigenvalue weighted by molar-refractivity contribution is 7.22. The normalized spacial score (nSPS) is 11.1. The van der Waals surface area contributed by atoms with Gasteiger partial charge in [-0.25, -0.2) is 9.37 Å². The molecule has 1 aliphatic carbocycles. The molecule has 2 aliphatic rings. The van der Waals surface area contributed by atoms with Crippen LogP contribution in [0.1, 0.15) is 9.67 Å². The Kier molecular flexibility index (Phi) is 4.69. The first kappa shape index (κ1) is 18.7. The molecule has 0 radical (unpaired) electrons. The number of carboxylic acids is 1. The van der Waals surface area contributed by atoms with Crippen LogP contribution in [0.3, 0.4) is 0 Å². The molecule has 142 valence electrons. The summed E-state index contributed by atoms with van der Waals surface area (Å²) in [6, 6.07) is 16.6. The van der Waals surface area contributed by atoms with Gasteiger partial charge in [-0.1, -0.05) is 6.07 Å². The van der Waals surface area contributed by atoms with Crippen molar-refractivity contribution >= 4 is 44.4 Å². The molecule has 0 bridgehead atoms. The number of rotatable bonds is 3. The lowest BCUT2D eigenvalue weighted by Gasteiger charge is -2.17. The zero-order valence-corrected chi connectivity index (χ0v) is 17.8. The molecule has 2 aromatic rings. The zero-order chi connectivity index (χ0) is 20.0. The molecule has 4 rings (SSSR count). The van der Waals surface area contributed by atoms with Crippen molar-refractivity contribution in [2.75, 3.05) is 33.1 Å². The van der Waals surface area contributed by atoms with E-state index in [1.807, 2.05) is 34.3 Å². The van der Waals surface area contributed by atoms with Crippen LogP contribution < -0.4 is 14.8 Å². The smallest absolute Gasteiger partial charge is 0.345 e. The van der Waals surface area contributed by atoms with Crippen molar-refractivity contribution in [1.29, 1.82) is 0 Å². The number of carbonyl (C=O) groups is 1. The molecular weight excluding hydrogens is 388 g/mol. The summed E-state index contributed by atoms with van der Waals surface area (Å²) in [5.41, 5.74) is 3.41. The summed E-state index contributed by atoms with van der Waals surface area (Å²) in [6.07, 6.45) is 0. The maximum absolute atomic E-state index is 11.4. The summed E-state index contributed by atoms with van der Waals surface area (Å²) < 4.78 is 3.29. The maximum atomic E-state index is 11.4. The number of thiophene rings is 1. The Hall–Kier alpha value is -2.70. The number of hydrogen-bond donors (Lipinski definition) is 1. The van der Waals surface area contributed by atoms with Crippen LogP contribution in [0.2, 0.25) is 0 Å². The molecule has 6 heteroatoms. The first-order chi connectivity index (χ1) is 13.3. The number of anilines is 1. The molecule has 1 aliphatic heterocycles. The van der Waals surface area contributed by atoms with E-state index in [1.54, 1.807) is 17.4 Å². The third kappa shape index (κ3) is 3.19. The summed E-state index contributed by atoms with van der Waals surface area (Å²) >= 11 is 3.10. The highest BCUT2D eigenvalue weighted by atomic mass is 32.1. The van der Waals surface area contributed by atoms with Crippen molar-refractivity contribution in [1.82, 2.24) is 4.58 Å². The zero-order valence-electron chi connectivity index (χ0n) is 16.2. The van der Waals surface area contributed by atoms with Gasteiger partial charge in [-0.05, 0) is 30.3 Å². The van der Waals surface area contributed by atoms with Gasteiger partial charge in [-0.3, -0.25) is 0 Å². The van der Waals surface area contributed by atoms with E-state index in [0.717, 1.165) is 32.4 Å². The summed E-state index contributed by atoms with van der Waals surface area (Å²) in [5, 5.41) is 11.7. The number of nitrogens with zero attached hydrogens (tertiary/aromatic N) is 2. The molecule has 2 heterocycles. The van der Waals surface area contributed by atoms with Crippen LogP contribution in [0, 0.1) is 0 Å². The Morgan fingerprint density at radius 3 is 2.39 bits per heavy atom. The molecule has 0 unspecified atom stereocenters.